The smallest absolute Gasteiger partial charge is 0.410 e. The molecule has 4 amide bonds. The minimum Gasteiger partial charge on any atom is -0.449 e. The molecule has 1 fully saturated rings. The number of alkyl carbamates (subject to hydrolysis) is 1. The summed E-state index contributed by atoms with van der Waals surface area (Å²) < 4.78 is 11.3. The number of likely N-dealkylation sites (N-methyl/N-ethyl adjacent to an activating group) is 1. The Morgan fingerprint density at radius 1 is 0.907 bits per heavy atom. The van der Waals surface area contributed by atoms with Gasteiger partial charge in [0.1, 0.15) is 29.8 Å². The predicted octanol–water partition coefficient (Wildman–Crippen LogP) is 7.39. The summed E-state index contributed by atoms with van der Waals surface area (Å²) in [6.45, 7) is 10.9. The van der Waals surface area contributed by atoms with Crippen LogP contribution in [0.1, 0.15) is 76.1 Å². The Kier molecular flexibility index (Phi) is 11.1. The number of fused-ring (bicyclic) bond motifs is 3. The fourth-order valence-corrected chi connectivity index (χ4v) is 8.00. The van der Waals surface area contributed by atoms with E-state index in [9.17, 15) is 19.2 Å². The van der Waals surface area contributed by atoms with Crippen molar-refractivity contribution in [3.63, 3.8) is 0 Å². The SMILES string of the molecule is CN(CC(=O)NC(C(=O)N1CC(NC(=O)OCC2c3ccccc3-c3ccccc32)CC1c1nc(-c2ccccc2)cs1)C(C)(C)C)C(=O)OC(C)(C)C. The third-order valence-corrected chi connectivity index (χ3v) is 10.6. The van der Waals surface area contributed by atoms with E-state index in [1.165, 1.54) is 23.3 Å². The van der Waals surface area contributed by atoms with Crippen molar-refractivity contribution in [1.29, 1.82) is 0 Å². The molecule has 2 N–H and O–H groups in total. The summed E-state index contributed by atoms with van der Waals surface area (Å²) in [6, 6.07) is 24.3. The van der Waals surface area contributed by atoms with Gasteiger partial charge in [-0.2, -0.15) is 0 Å². The Labute approximate surface area is 321 Å². The lowest BCUT2D eigenvalue weighted by Crippen LogP contribution is -2.56. The number of carbonyl (C=O) groups is 4. The van der Waals surface area contributed by atoms with E-state index in [1.54, 1.807) is 25.7 Å². The van der Waals surface area contributed by atoms with E-state index in [2.05, 4.69) is 34.9 Å². The highest BCUT2D eigenvalue weighted by Gasteiger charge is 2.44. The highest BCUT2D eigenvalue weighted by Crippen LogP contribution is 2.44. The number of hydrogen-bond donors (Lipinski definition) is 2. The molecule has 1 aliphatic carbocycles. The van der Waals surface area contributed by atoms with E-state index in [-0.39, 0.29) is 31.5 Å². The van der Waals surface area contributed by atoms with E-state index in [4.69, 9.17) is 14.5 Å². The summed E-state index contributed by atoms with van der Waals surface area (Å²) in [5, 5.41) is 8.62. The van der Waals surface area contributed by atoms with Crippen LogP contribution in [-0.4, -0.2) is 83.2 Å². The average Bonchev–Trinajstić information content (AvgIpc) is 3.85. The lowest BCUT2D eigenvalue weighted by atomic mass is 9.85. The van der Waals surface area contributed by atoms with Gasteiger partial charge in [0.25, 0.3) is 0 Å². The first kappa shape index (κ1) is 38.5. The molecule has 3 unspecified atom stereocenters. The molecule has 54 heavy (non-hydrogen) atoms. The second-order valence-electron chi connectivity index (χ2n) is 16.0. The van der Waals surface area contributed by atoms with Gasteiger partial charge >= 0.3 is 12.2 Å². The zero-order valence-electron chi connectivity index (χ0n) is 31.9. The molecule has 12 heteroatoms. The van der Waals surface area contributed by atoms with Crippen LogP contribution in [0.3, 0.4) is 0 Å². The molecule has 1 aliphatic heterocycles. The molecule has 4 aromatic rings. The fourth-order valence-electron chi connectivity index (χ4n) is 7.05. The number of nitrogens with zero attached hydrogens (tertiary/aromatic N) is 3. The number of ether oxygens (including phenoxy) is 2. The number of benzene rings is 3. The van der Waals surface area contributed by atoms with Gasteiger partial charge in [0, 0.05) is 30.5 Å². The van der Waals surface area contributed by atoms with E-state index in [1.807, 2.05) is 80.7 Å². The zero-order chi connectivity index (χ0) is 38.8. The topological polar surface area (TPSA) is 130 Å². The van der Waals surface area contributed by atoms with Crippen molar-refractivity contribution in [2.75, 3.05) is 26.7 Å². The first-order valence-electron chi connectivity index (χ1n) is 18.3. The molecule has 2 aliphatic rings. The van der Waals surface area contributed by atoms with E-state index < -0.39 is 47.2 Å². The molecule has 0 spiro atoms. The summed E-state index contributed by atoms with van der Waals surface area (Å²) >= 11 is 1.45. The van der Waals surface area contributed by atoms with Crippen LogP contribution in [0.25, 0.3) is 22.4 Å². The molecule has 0 radical (unpaired) electrons. The Morgan fingerprint density at radius 2 is 1.52 bits per heavy atom. The Hall–Kier alpha value is -5.23. The largest absolute Gasteiger partial charge is 0.449 e. The second kappa shape index (κ2) is 15.6. The summed E-state index contributed by atoms with van der Waals surface area (Å²) in [5.74, 6) is -0.898. The van der Waals surface area contributed by atoms with Gasteiger partial charge in [-0.25, -0.2) is 14.6 Å². The van der Waals surface area contributed by atoms with Crippen LogP contribution in [0, 0.1) is 5.41 Å². The van der Waals surface area contributed by atoms with Crippen LogP contribution in [0.15, 0.2) is 84.2 Å². The van der Waals surface area contributed by atoms with Crippen molar-refractivity contribution in [1.82, 2.24) is 25.4 Å². The van der Waals surface area contributed by atoms with Crippen LogP contribution in [0.5, 0.6) is 0 Å². The quantitative estimate of drug-likeness (QED) is 0.183. The number of rotatable bonds is 9. The van der Waals surface area contributed by atoms with Crippen LogP contribution in [0.4, 0.5) is 9.59 Å². The Balaban J connectivity index is 1.19. The van der Waals surface area contributed by atoms with Gasteiger partial charge in [-0.3, -0.25) is 9.59 Å². The fraction of sp³-hybridized carbons (Fsp3) is 0.405. The molecular formula is C42H49N5O6S. The van der Waals surface area contributed by atoms with E-state index >= 15 is 0 Å². The second-order valence-corrected chi connectivity index (χ2v) is 16.9. The van der Waals surface area contributed by atoms with Gasteiger partial charge in [-0.15, -0.1) is 11.3 Å². The summed E-state index contributed by atoms with van der Waals surface area (Å²) in [7, 11) is 1.48. The lowest BCUT2D eigenvalue weighted by molar-refractivity contribution is -0.140. The van der Waals surface area contributed by atoms with Crippen molar-refractivity contribution in [3.05, 3.63) is 100 Å². The number of nitrogens with one attached hydrogen (secondary N) is 2. The highest BCUT2D eigenvalue weighted by molar-refractivity contribution is 7.10. The number of carbonyl (C=O) groups excluding carboxylic acids is 4. The summed E-state index contributed by atoms with van der Waals surface area (Å²) in [4.78, 5) is 61.8. The molecular weight excluding hydrogens is 703 g/mol. The first-order valence-corrected chi connectivity index (χ1v) is 19.1. The molecule has 2 heterocycles. The van der Waals surface area contributed by atoms with Crippen molar-refractivity contribution < 1.29 is 28.7 Å². The standard InChI is InChI=1S/C42H49N5O6S/c1-41(2,3)36(45-35(48)23-46(7)40(51)53-42(4,5)6)38(49)47-22-27(21-34(47)37-44-33(25-54-37)26-15-9-8-10-16-26)43-39(50)52-24-32-30-19-13-11-17-28(30)29-18-12-14-20-31(29)32/h8-20,25,27,32,34,36H,21-24H2,1-7H3,(H,43,50)(H,45,48). The number of aromatic nitrogens is 1. The summed E-state index contributed by atoms with van der Waals surface area (Å²) in [6.07, 6.45) is -0.801. The highest BCUT2D eigenvalue weighted by atomic mass is 32.1. The normalized spacial score (nSPS) is 17.3. The molecule has 3 aromatic carbocycles. The predicted molar refractivity (Wildman–Crippen MR) is 209 cm³/mol. The third-order valence-electron chi connectivity index (χ3n) is 9.63. The molecule has 3 atom stereocenters. The number of amides is 4. The minimum absolute atomic E-state index is 0.0882. The van der Waals surface area contributed by atoms with Crippen molar-refractivity contribution >= 4 is 35.3 Å². The van der Waals surface area contributed by atoms with Crippen LogP contribution < -0.4 is 10.6 Å². The number of thiazole rings is 1. The van der Waals surface area contributed by atoms with Crippen LogP contribution >= 0.6 is 11.3 Å². The van der Waals surface area contributed by atoms with E-state index in [0.717, 1.165) is 38.5 Å². The zero-order valence-corrected chi connectivity index (χ0v) is 32.7. The molecule has 0 saturated carbocycles. The minimum atomic E-state index is -0.943. The molecule has 11 nitrogen and oxygen atoms in total. The van der Waals surface area contributed by atoms with E-state index in [0.29, 0.717) is 6.42 Å². The van der Waals surface area contributed by atoms with Crippen LogP contribution in [0.2, 0.25) is 0 Å². The lowest BCUT2D eigenvalue weighted by Gasteiger charge is -2.35. The van der Waals surface area contributed by atoms with Gasteiger partial charge in [0.15, 0.2) is 0 Å². The summed E-state index contributed by atoms with van der Waals surface area (Å²) in [5.41, 5.74) is 4.86. The van der Waals surface area contributed by atoms with Gasteiger partial charge in [0.2, 0.25) is 11.8 Å². The Bertz CT molecular complexity index is 1960. The maximum Gasteiger partial charge on any atom is 0.410 e. The first-order chi connectivity index (χ1) is 25.6. The van der Waals surface area contributed by atoms with Gasteiger partial charge in [-0.1, -0.05) is 99.6 Å². The molecule has 1 saturated heterocycles. The average molecular weight is 752 g/mol. The van der Waals surface area contributed by atoms with Crippen molar-refractivity contribution in [2.45, 2.75) is 77.6 Å². The monoisotopic (exact) mass is 751 g/mol. The molecule has 1 aromatic heterocycles. The van der Waals surface area contributed by atoms with Crippen molar-refractivity contribution in [2.24, 2.45) is 5.41 Å². The molecule has 0 bridgehead atoms. The third kappa shape index (κ3) is 8.76. The van der Waals surface area contributed by atoms with Crippen LogP contribution in [-0.2, 0) is 19.1 Å². The maximum atomic E-state index is 14.6. The molecule has 6 rings (SSSR count). The molecule has 284 valence electrons. The van der Waals surface area contributed by atoms with Gasteiger partial charge in [0.05, 0.1) is 17.8 Å². The number of likely N-dealkylation sites (tertiary alicyclic amines) is 1. The Morgan fingerprint density at radius 3 is 2.13 bits per heavy atom. The van der Waals surface area contributed by atoms with Crippen molar-refractivity contribution in [3.8, 4) is 22.4 Å². The number of hydrogen-bond acceptors (Lipinski definition) is 8. The van der Waals surface area contributed by atoms with Gasteiger partial charge in [-0.05, 0) is 54.9 Å². The maximum absolute atomic E-state index is 14.6. The van der Waals surface area contributed by atoms with Gasteiger partial charge < -0.3 is 29.9 Å².